The van der Waals surface area contributed by atoms with Crippen molar-refractivity contribution in [2.24, 2.45) is 0 Å². The minimum atomic E-state index is -4.05. The molecule has 6 heteroatoms. The highest BCUT2D eigenvalue weighted by Crippen LogP contribution is 1.98. The van der Waals surface area contributed by atoms with Crippen molar-refractivity contribution in [3.63, 3.8) is 0 Å². The molecule has 0 aliphatic heterocycles. The van der Waals surface area contributed by atoms with Gasteiger partial charge in [-0.2, -0.15) is 0 Å². The molecule has 0 atom stereocenters. The van der Waals surface area contributed by atoms with Gasteiger partial charge in [-0.15, -0.1) is 11.6 Å². The van der Waals surface area contributed by atoms with Gasteiger partial charge < -0.3 is 0 Å². The standard InChI is InChI=1S/C2H2Cl2O3S/c3-1-2(5)8(4,6)7/h1H2. The van der Waals surface area contributed by atoms with Gasteiger partial charge in [-0.05, 0) is 0 Å². The summed E-state index contributed by atoms with van der Waals surface area (Å²) >= 11 is 4.82. The number of hydrogen-bond acceptors (Lipinski definition) is 3. The van der Waals surface area contributed by atoms with Crippen molar-refractivity contribution in [3.8, 4) is 0 Å². The van der Waals surface area contributed by atoms with Crippen molar-refractivity contribution >= 4 is 36.4 Å². The lowest BCUT2D eigenvalue weighted by Crippen LogP contribution is -2.08. The van der Waals surface area contributed by atoms with Crippen LogP contribution in [0.15, 0.2) is 0 Å². The van der Waals surface area contributed by atoms with Crippen molar-refractivity contribution in [3.05, 3.63) is 0 Å². The summed E-state index contributed by atoms with van der Waals surface area (Å²) in [5.41, 5.74) is 0. The van der Waals surface area contributed by atoms with E-state index in [9.17, 15) is 13.2 Å². The van der Waals surface area contributed by atoms with Crippen molar-refractivity contribution in [1.29, 1.82) is 0 Å². The minimum absolute atomic E-state index is 0.591. The van der Waals surface area contributed by atoms with E-state index in [4.69, 9.17) is 11.6 Å². The van der Waals surface area contributed by atoms with Crippen LogP contribution in [0.1, 0.15) is 0 Å². The minimum Gasteiger partial charge on any atom is -0.279 e. The summed E-state index contributed by atoms with van der Waals surface area (Å²) < 4.78 is 19.8. The quantitative estimate of drug-likeness (QED) is 0.428. The Kier molecular flexibility index (Phi) is 2.73. The topological polar surface area (TPSA) is 51.2 Å². The fourth-order valence-electron chi connectivity index (χ4n) is 0.0652. The number of halogens is 2. The average Bonchev–Trinajstić information content (AvgIpc) is 1.62. The SMILES string of the molecule is O=C(CCl)S(=O)(=O)Cl. The third-order valence-corrected chi connectivity index (χ3v) is 1.99. The number of carbonyl (C=O) groups excluding carboxylic acids is 1. The second-order valence-electron chi connectivity index (χ2n) is 0.943. The van der Waals surface area contributed by atoms with Crippen LogP contribution in [0.2, 0.25) is 0 Å². The lowest BCUT2D eigenvalue weighted by atomic mass is 10.9. The summed E-state index contributed by atoms with van der Waals surface area (Å²) in [6, 6.07) is 0. The summed E-state index contributed by atoms with van der Waals surface area (Å²) in [6.07, 6.45) is 0. The molecule has 0 aromatic carbocycles. The second kappa shape index (κ2) is 2.66. The zero-order chi connectivity index (χ0) is 6.78. The first-order valence-electron chi connectivity index (χ1n) is 1.52. The molecule has 8 heavy (non-hydrogen) atoms. The molecular formula is C2H2Cl2O3S. The molecule has 0 bridgehead atoms. The molecule has 0 aliphatic rings. The number of rotatable bonds is 1. The lowest BCUT2D eigenvalue weighted by molar-refractivity contribution is -0.109. The molecule has 0 fully saturated rings. The van der Waals surface area contributed by atoms with E-state index in [1.807, 2.05) is 0 Å². The Morgan fingerprint density at radius 1 is 1.50 bits per heavy atom. The number of hydrogen-bond donors (Lipinski definition) is 0. The molecule has 0 aromatic rings. The van der Waals surface area contributed by atoms with E-state index < -0.39 is 20.0 Å². The fraction of sp³-hybridized carbons (Fsp3) is 0.500. The Balaban J connectivity index is 4.29. The number of carbonyl (C=O) groups is 1. The Morgan fingerprint density at radius 3 is 1.88 bits per heavy atom. The molecule has 48 valence electrons. The highest BCUT2D eigenvalue weighted by Gasteiger charge is 2.15. The number of alkyl halides is 1. The molecule has 0 rings (SSSR count). The van der Waals surface area contributed by atoms with Gasteiger partial charge in [0.1, 0.15) is 0 Å². The van der Waals surface area contributed by atoms with Gasteiger partial charge in [0, 0.05) is 10.7 Å². The van der Waals surface area contributed by atoms with Crippen LogP contribution < -0.4 is 0 Å². The highest BCUT2D eigenvalue weighted by molar-refractivity contribution is 8.25. The predicted molar refractivity (Wildman–Crippen MR) is 30.5 cm³/mol. The summed E-state index contributed by atoms with van der Waals surface area (Å²) in [4.78, 5) is 9.98. The molecule has 0 aromatic heterocycles. The zero-order valence-corrected chi connectivity index (χ0v) is 5.92. The third-order valence-electron chi connectivity index (χ3n) is 0.381. The van der Waals surface area contributed by atoms with E-state index in [1.165, 1.54) is 0 Å². The van der Waals surface area contributed by atoms with E-state index in [2.05, 4.69) is 10.7 Å². The molecule has 3 nitrogen and oxygen atoms in total. The fourth-order valence-corrected chi connectivity index (χ4v) is 0.958. The summed E-state index contributed by atoms with van der Waals surface area (Å²) in [5.74, 6) is -0.591. The van der Waals surface area contributed by atoms with Gasteiger partial charge >= 0.3 is 0 Å². The third kappa shape index (κ3) is 2.49. The monoisotopic (exact) mass is 176 g/mol. The van der Waals surface area contributed by atoms with Gasteiger partial charge in [-0.25, -0.2) is 8.42 Å². The molecule has 0 saturated heterocycles. The largest absolute Gasteiger partial charge is 0.296 e. The van der Waals surface area contributed by atoms with E-state index in [-0.39, 0.29) is 0 Å². The lowest BCUT2D eigenvalue weighted by Gasteiger charge is -1.83. The van der Waals surface area contributed by atoms with Crippen LogP contribution in [-0.2, 0) is 13.8 Å². The smallest absolute Gasteiger partial charge is 0.279 e. The molecule has 0 heterocycles. The van der Waals surface area contributed by atoms with Crippen LogP contribution in [0, 0.1) is 0 Å². The Morgan fingerprint density at radius 2 is 1.88 bits per heavy atom. The average molecular weight is 177 g/mol. The Labute approximate surface area is 56.0 Å². The van der Waals surface area contributed by atoms with Crippen molar-refractivity contribution in [2.45, 2.75) is 0 Å². The Hall–Kier alpha value is 0.200. The first-order chi connectivity index (χ1) is 3.48. The van der Waals surface area contributed by atoms with Crippen LogP contribution >= 0.6 is 22.3 Å². The van der Waals surface area contributed by atoms with Gasteiger partial charge in [0.05, 0.1) is 5.88 Å². The normalized spacial score (nSPS) is 11.2. The van der Waals surface area contributed by atoms with Crippen LogP contribution in [0.3, 0.4) is 0 Å². The van der Waals surface area contributed by atoms with E-state index in [0.29, 0.717) is 0 Å². The maximum atomic E-state index is 9.98. The van der Waals surface area contributed by atoms with E-state index >= 15 is 0 Å². The van der Waals surface area contributed by atoms with Crippen LogP contribution in [0.25, 0.3) is 0 Å². The first-order valence-corrected chi connectivity index (χ1v) is 4.36. The molecule has 0 saturated carbocycles. The molecule has 0 aliphatic carbocycles. The van der Waals surface area contributed by atoms with Gasteiger partial charge in [-0.3, -0.25) is 4.79 Å². The highest BCUT2D eigenvalue weighted by atomic mass is 35.7. The predicted octanol–water partition coefficient (Wildman–Crippen LogP) is 0.320. The molecule has 0 spiro atoms. The van der Waals surface area contributed by atoms with Gasteiger partial charge in [0.25, 0.3) is 14.2 Å². The van der Waals surface area contributed by atoms with Crippen LogP contribution in [0.4, 0.5) is 0 Å². The molecule has 0 unspecified atom stereocenters. The van der Waals surface area contributed by atoms with Crippen molar-refractivity contribution in [2.75, 3.05) is 5.88 Å². The maximum absolute atomic E-state index is 9.98. The van der Waals surface area contributed by atoms with Gasteiger partial charge in [0.15, 0.2) is 0 Å². The van der Waals surface area contributed by atoms with Crippen LogP contribution in [0.5, 0.6) is 0 Å². The van der Waals surface area contributed by atoms with Crippen molar-refractivity contribution in [1.82, 2.24) is 0 Å². The molecule has 0 radical (unpaired) electrons. The first kappa shape index (κ1) is 8.20. The van der Waals surface area contributed by atoms with E-state index in [1.54, 1.807) is 0 Å². The molecular weight excluding hydrogens is 175 g/mol. The maximum Gasteiger partial charge on any atom is 0.296 e. The molecule has 0 N–H and O–H groups in total. The summed E-state index contributed by atoms with van der Waals surface area (Å²) in [5, 5.41) is -1.17. The van der Waals surface area contributed by atoms with Gasteiger partial charge in [0.2, 0.25) is 0 Å². The van der Waals surface area contributed by atoms with Crippen molar-refractivity contribution < 1.29 is 13.2 Å². The second-order valence-corrected chi connectivity index (χ2v) is 3.76. The van der Waals surface area contributed by atoms with Gasteiger partial charge in [-0.1, -0.05) is 0 Å². The zero-order valence-electron chi connectivity index (χ0n) is 3.60. The van der Waals surface area contributed by atoms with E-state index in [0.717, 1.165) is 0 Å². The summed E-state index contributed by atoms with van der Waals surface area (Å²) in [7, 11) is 0.470. The molecule has 0 amide bonds. The Bertz CT molecular complexity index is 181. The van der Waals surface area contributed by atoms with Crippen LogP contribution in [-0.4, -0.2) is 19.4 Å². The summed E-state index contributed by atoms with van der Waals surface area (Å²) in [6.45, 7) is 0.